The monoisotopic (exact) mass is 465 g/mol. The van der Waals surface area contributed by atoms with Crippen LogP contribution in [0.3, 0.4) is 0 Å². The summed E-state index contributed by atoms with van der Waals surface area (Å²) in [5, 5.41) is 11.8. The minimum Gasteiger partial charge on any atom is -0.392 e. The fourth-order valence-corrected chi connectivity index (χ4v) is 4.53. The van der Waals surface area contributed by atoms with Gasteiger partial charge in [0.15, 0.2) is 0 Å². The summed E-state index contributed by atoms with van der Waals surface area (Å²) < 4.78 is 0. The smallest absolute Gasteiger partial charge is 0.0743 e. The Morgan fingerprint density at radius 1 is 0.615 bits per heavy atom. The average Bonchev–Trinajstić information content (AvgIpc) is 2.52. The summed E-state index contributed by atoms with van der Waals surface area (Å²) in [6.45, 7) is -0.214. The minimum atomic E-state index is -0.214. The van der Waals surface area contributed by atoms with Crippen molar-refractivity contribution in [2.45, 2.75) is 6.61 Å². The first-order valence-electron chi connectivity index (χ1n) is 7.21. The molecule has 0 aliphatic rings. The molecule has 8 heteroatoms. The molecule has 0 radical (unpaired) electrons. The van der Waals surface area contributed by atoms with Gasteiger partial charge in [-0.2, -0.15) is 0 Å². The molecule has 0 spiro atoms. The van der Waals surface area contributed by atoms with Crippen LogP contribution >= 0.6 is 69.6 Å². The van der Waals surface area contributed by atoms with Crippen LogP contribution in [0.4, 0.5) is 0 Å². The van der Waals surface area contributed by atoms with Gasteiger partial charge in [-0.15, -0.1) is 0 Å². The van der Waals surface area contributed by atoms with Crippen LogP contribution in [0.5, 0.6) is 0 Å². The maximum Gasteiger partial charge on any atom is 0.0743 e. The quantitative estimate of drug-likeness (QED) is 0.425. The molecule has 1 N–H and O–H groups in total. The first kappa shape index (κ1) is 20.0. The van der Waals surface area contributed by atoms with Gasteiger partial charge in [0.2, 0.25) is 0 Å². The van der Waals surface area contributed by atoms with Gasteiger partial charge in [-0.1, -0.05) is 69.6 Å². The van der Waals surface area contributed by atoms with Gasteiger partial charge in [0.05, 0.1) is 38.1 Å². The highest BCUT2D eigenvalue weighted by Gasteiger charge is 2.17. The molecule has 1 heterocycles. The van der Waals surface area contributed by atoms with Crippen LogP contribution in [0.1, 0.15) is 5.56 Å². The highest BCUT2D eigenvalue weighted by Crippen LogP contribution is 2.40. The molecule has 0 saturated carbocycles. The van der Waals surface area contributed by atoms with Crippen molar-refractivity contribution in [3.05, 3.63) is 72.1 Å². The maximum absolute atomic E-state index is 9.64. The predicted octanol–water partition coefficient (Wildman–Crippen LogP) is 7.83. The lowest BCUT2D eigenvalue weighted by Gasteiger charge is -2.13. The molecule has 134 valence electrons. The zero-order chi connectivity index (χ0) is 19.0. The number of aliphatic hydroxyl groups is 1. The molecule has 3 aromatic rings. The summed E-state index contributed by atoms with van der Waals surface area (Å²) in [4.78, 5) is 4.59. The van der Waals surface area contributed by atoms with Gasteiger partial charge >= 0.3 is 0 Å². The second-order valence-corrected chi connectivity index (χ2v) is 7.89. The van der Waals surface area contributed by atoms with Crippen LogP contribution in [0, 0.1) is 0 Å². The third kappa shape index (κ3) is 4.07. The van der Waals surface area contributed by atoms with E-state index in [1.807, 2.05) is 0 Å². The van der Waals surface area contributed by atoms with E-state index < -0.39 is 0 Å². The number of rotatable bonds is 3. The molecule has 0 fully saturated rings. The molecule has 0 saturated heterocycles. The Hall–Kier alpha value is -0.710. The fraction of sp³-hybridized carbons (Fsp3) is 0.0556. The highest BCUT2D eigenvalue weighted by molar-refractivity contribution is 6.42. The lowest BCUT2D eigenvalue weighted by Crippen LogP contribution is -1.96. The average molecular weight is 468 g/mol. The summed E-state index contributed by atoms with van der Waals surface area (Å²) in [5.41, 5.74) is 2.50. The van der Waals surface area contributed by atoms with Crippen molar-refractivity contribution in [3.8, 4) is 22.5 Å². The summed E-state index contributed by atoms with van der Waals surface area (Å²) in [5.74, 6) is 0. The second kappa shape index (κ2) is 8.12. The number of hydrogen-bond donors (Lipinski definition) is 1. The van der Waals surface area contributed by atoms with E-state index in [-0.39, 0.29) is 6.61 Å². The normalized spacial score (nSPS) is 11.0. The lowest BCUT2D eigenvalue weighted by atomic mass is 10.0. The number of halogens is 6. The van der Waals surface area contributed by atoms with Crippen LogP contribution in [-0.2, 0) is 6.61 Å². The molecule has 0 aliphatic heterocycles. The van der Waals surface area contributed by atoms with Crippen LogP contribution in [0.15, 0.2) is 36.4 Å². The number of aromatic nitrogens is 1. The van der Waals surface area contributed by atoms with E-state index >= 15 is 0 Å². The van der Waals surface area contributed by atoms with Crippen LogP contribution in [0.25, 0.3) is 22.5 Å². The molecule has 0 unspecified atom stereocenters. The van der Waals surface area contributed by atoms with Crippen molar-refractivity contribution in [1.82, 2.24) is 4.98 Å². The second-order valence-electron chi connectivity index (χ2n) is 5.39. The van der Waals surface area contributed by atoms with Crippen molar-refractivity contribution >= 4 is 69.6 Å². The fourth-order valence-electron chi connectivity index (χ4n) is 2.51. The van der Waals surface area contributed by atoms with Gasteiger partial charge in [-0.25, -0.2) is 4.98 Å². The summed E-state index contributed by atoms with van der Waals surface area (Å²) in [6, 6.07) is 9.64. The van der Waals surface area contributed by atoms with E-state index in [0.29, 0.717) is 58.2 Å². The Balaban J connectivity index is 2.28. The zero-order valence-electron chi connectivity index (χ0n) is 12.8. The molecule has 0 amide bonds. The van der Waals surface area contributed by atoms with E-state index in [0.717, 1.165) is 0 Å². The van der Waals surface area contributed by atoms with Crippen molar-refractivity contribution in [2.75, 3.05) is 0 Å². The molecule has 0 atom stereocenters. The third-order valence-corrected chi connectivity index (χ3v) is 5.22. The van der Waals surface area contributed by atoms with Gasteiger partial charge in [0.25, 0.3) is 0 Å². The van der Waals surface area contributed by atoms with Gasteiger partial charge in [0.1, 0.15) is 0 Å². The molecular formula is C18H9Cl6NO. The number of benzene rings is 2. The molecule has 1 aromatic heterocycles. The van der Waals surface area contributed by atoms with Gasteiger partial charge in [-0.3, -0.25) is 0 Å². The standard InChI is InChI=1S/C18H9Cl6NO/c19-9-3-11(21)17(12(22)4-9)15-1-8(7-26)2-16(25-15)18-13(23)5-10(20)6-14(18)24/h1-6,26H,7H2. The first-order valence-corrected chi connectivity index (χ1v) is 9.48. The molecule has 2 nitrogen and oxygen atoms in total. The Morgan fingerprint density at radius 2 is 0.962 bits per heavy atom. The highest BCUT2D eigenvalue weighted by atomic mass is 35.5. The molecule has 0 aliphatic carbocycles. The maximum atomic E-state index is 9.64. The zero-order valence-corrected chi connectivity index (χ0v) is 17.4. The Labute approximate surface area is 180 Å². The molecule has 3 rings (SSSR count). The van der Waals surface area contributed by atoms with Crippen molar-refractivity contribution in [1.29, 1.82) is 0 Å². The lowest BCUT2D eigenvalue weighted by molar-refractivity contribution is 0.282. The Kier molecular flexibility index (Phi) is 6.25. The summed E-state index contributed by atoms with van der Waals surface area (Å²) in [6.07, 6.45) is 0. The van der Waals surface area contributed by atoms with Crippen molar-refractivity contribution in [2.24, 2.45) is 0 Å². The molecule has 26 heavy (non-hydrogen) atoms. The van der Waals surface area contributed by atoms with E-state index in [2.05, 4.69) is 4.98 Å². The topological polar surface area (TPSA) is 33.1 Å². The van der Waals surface area contributed by atoms with Crippen molar-refractivity contribution in [3.63, 3.8) is 0 Å². The third-order valence-electron chi connectivity index (χ3n) is 3.59. The number of hydrogen-bond acceptors (Lipinski definition) is 2. The van der Waals surface area contributed by atoms with E-state index in [1.54, 1.807) is 36.4 Å². The SMILES string of the molecule is OCc1cc(-c2c(Cl)cc(Cl)cc2Cl)nc(-c2c(Cl)cc(Cl)cc2Cl)c1. The van der Waals surface area contributed by atoms with E-state index in [1.165, 1.54) is 0 Å². The van der Waals surface area contributed by atoms with Crippen molar-refractivity contribution < 1.29 is 5.11 Å². The largest absolute Gasteiger partial charge is 0.392 e. The number of nitrogens with zero attached hydrogens (tertiary/aromatic N) is 1. The van der Waals surface area contributed by atoms with Crippen LogP contribution < -0.4 is 0 Å². The van der Waals surface area contributed by atoms with Gasteiger partial charge < -0.3 is 5.11 Å². The van der Waals surface area contributed by atoms with Gasteiger partial charge in [-0.05, 0) is 42.0 Å². The van der Waals surface area contributed by atoms with Gasteiger partial charge in [0, 0.05) is 21.2 Å². The minimum absolute atomic E-state index is 0.214. The summed E-state index contributed by atoms with van der Waals surface area (Å²) in [7, 11) is 0. The molecule has 2 aromatic carbocycles. The summed E-state index contributed by atoms with van der Waals surface area (Å²) >= 11 is 37.2. The molecular weight excluding hydrogens is 459 g/mol. The first-order chi connectivity index (χ1) is 12.3. The van der Waals surface area contributed by atoms with Crippen LogP contribution in [-0.4, -0.2) is 10.1 Å². The predicted molar refractivity (Wildman–Crippen MR) is 111 cm³/mol. The molecule has 0 bridgehead atoms. The van der Waals surface area contributed by atoms with Crippen LogP contribution in [0.2, 0.25) is 30.1 Å². The Bertz CT molecular complexity index is 883. The van der Waals surface area contributed by atoms with E-state index in [9.17, 15) is 5.11 Å². The number of pyridine rings is 1. The van der Waals surface area contributed by atoms with E-state index in [4.69, 9.17) is 69.6 Å². The Morgan fingerprint density at radius 3 is 1.27 bits per heavy atom. The number of aliphatic hydroxyl groups excluding tert-OH is 1.